The van der Waals surface area contributed by atoms with Gasteiger partial charge in [0.2, 0.25) is 0 Å². The summed E-state index contributed by atoms with van der Waals surface area (Å²) in [6.45, 7) is 4.27. The number of hydrogen-bond acceptors (Lipinski definition) is 3. The summed E-state index contributed by atoms with van der Waals surface area (Å²) >= 11 is 0. The second kappa shape index (κ2) is 7.56. The Labute approximate surface area is 157 Å². The van der Waals surface area contributed by atoms with E-state index in [4.69, 9.17) is 0 Å². The molecule has 1 unspecified atom stereocenters. The van der Waals surface area contributed by atoms with Crippen LogP contribution in [-0.4, -0.2) is 32.5 Å². The minimum atomic E-state index is -0.538. The van der Waals surface area contributed by atoms with Gasteiger partial charge in [-0.05, 0) is 44.5 Å². The van der Waals surface area contributed by atoms with Crippen LogP contribution in [0.1, 0.15) is 30.1 Å². The molecule has 3 heterocycles. The highest BCUT2D eigenvalue weighted by Crippen LogP contribution is 2.30. The SMILES string of the molecule is Cc1cnc(-c2ccncc2)n1C1CCCN(Cc2ccc(F)cc2F)C1. The Morgan fingerprint density at radius 1 is 1.15 bits per heavy atom. The van der Waals surface area contributed by atoms with Gasteiger partial charge in [0.05, 0.1) is 0 Å². The monoisotopic (exact) mass is 368 g/mol. The third-order valence-electron chi connectivity index (χ3n) is 5.18. The maximum absolute atomic E-state index is 14.0. The van der Waals surface area contributed by atoms with Crippen molar-refractivity contribution in [3.05, 3.63) is 71.8 Å². The molecule has 0 N–H and O–H groups in total. The van der Waals surface area contributed by atoms with E-state index in [0.29, 0.717) is 12.1 Å². The fourth-order valence-electron chi connectivity index (χ4n) is 3.90. The van der Waals surface area contributed by atoms with Gasteiger partial charge in [-0.15, -0.1) is 0 Å². The van der Waals surface area contributed by atoms with Gasteiger partial charge < -0.3 is 4.57 Å². The van der Waals surface area contributed by atoms with E-state index < -0.39 is 11.6 Å². The Morgan fingerprint density at radius 2 is 1.96 bits per heavy atom. The molecule has 0 saturated carbocycles. The first kappa shape index (κ1) is 17.8. The molecule has 27 heavy (non-hydrogen) atoms. The normalized spacial score (nSPS) is 18.0. The summed E-state index contributed by atoms with van der Waals surface area (Å²) in [6, 6.07) is 8.02. The number of hydrogen-bond donors (Lipinski definition) is 0. The van der Waals surface area contributed by atoms with Crippen molar-refractivity contribution >= 4 is 0 Å². The molecule has 1 aromatic carbocycles. The summed E-state index contributed by atoms with van der Waals surface area (Å²) in [4.78, 5) is 10.9. The number of pyridine rings is 1. The molecule has 0 bridgehead atoms. The molecule has 0 spiro atoms. The van der Waals surface area contributed by atoms with Crippen LogP contribution in [-0.2, 0) is 6.54 Å². The second-order valence-electron chi connectivity index (χ2n) is 7.10. The van der Waals surface area contributed by atoms with Crippen molar-refractivity contribution in [3.63, 3.8) is 0 Å². The highest BCUT2D eigenvalue weighted by atomic mass is 19.1. The molecule has 0 radical (unpaired) electrons. The van der Waals surface area contributed by atoms with Crippen molar-refractivity contribution in [2.24, 2.45) is 0 Å². The van der Waals surface area contributed by atoms with E-state index in [0.717, 1.165) is 49.1 Å². The highest BCUT2D eigenvalue weighted by molar-refractivity contribution is 5.55. The van der Waals surface area contributed by atoms with E-state index in [1.54, 1.807) is 18.5 Å². The molecule has 4 nitrogen and oxygen atoms in total. The molecule has 1 saturated heterocycles. The molecule has 1 aliphatic heterocycles. The Bertz CT molecular complexity index is 923. The van der Waals surface area contributed by atoms with Crippen LogP contribution in [0, 0.1) is 18.6 Å². The number of aromatic nitrogens is 3. The summed E-state index contributed by atoms with van der Waals surface area (Å²) in [7, 11) is 0. The first-order valence-corrected chi connectivity index (χ1v) is 9.22. The molecular weight excluding hydrogens is 346 g/mol. The van der Waals surface area contributed by atoms with Crippen LogP contribution in [0.3, 0.4) is 0 Å². The van der Waals surface area contributed by atoms with Crippen LogP contribution in [0.25, 0.3) is 11.4 Å². The predicted molar refractivity (Wildman–Crippen MR) is 100 cm³/mol. The fourth-order valence-corrected chi connectivity index (χ4v) is 3.90. The van der Waals surface area contributed by atoms with Gasteiger partial charge in [0.1, 0.15) is 17.5 Å². The van der Waals surface area contributed by atoms with E-state index in [9.17, 15) is 8.78 Å². The van der Waals surface area contributed by atoms with Gasteiger partial charge in [-0.2, -0.15) is 0 Å². The van der Waals surface area contributed by atoms with Crippen LogP contribution in [0.2, 0.25) is 0 Å². The summed E-state index contributed by atoms with van der Waals surface area (Å²) in [5.41, 5.74) is 2.69. The summed E-state index contributed by atoms with van der Waals surface area (Å²) in [5, 5.41) is 0. The topological polar surface area (TPSA) is 34.0 Å². The van der Waals surface area contributed by atoms with E-state index in [2.05, 4.69) is 26.4 Å². The van der Waals surface area contributed by atoms with Crippen LogP contribution < -0.4 is 0 Å². The molecule has 4 rings (SSSR count). The maximum atomic E-state index is 14.0. The summed E-state index contributed by atoms with van der Waals surface area (Å²) < 4.78 is 29.5. The Hall–Kier alpha value is -2.60. The lowest BCUT2D eigenvalue weighted by Gasteiger charge is -2.34. The minimum absolute atomic E-state index is 0.271. The van der Waals surface area contributed by atoms with E-state index in [1.807, 2.05) is 18.3 Å². The van der Waals surface area contributed by atoms with Gasteiger partial charge in [-0.3, -0.25) is 9.88 Å². The number of benzene rings is 1. The van der Waals surface area contributed by atoms with E-state index in [-0.39, 0.29) is 6.04 Å². The Morgan fingerprint density at radius 3 is 2.74 bits per heavy atom. The summed E-state index contributed by atoms with van der Waals surface area (Å²) in [6.07, 6.45) is 7.52. The number of piperidine rings is 1. The number of imidazole rings is 1. The zero-order valence-corrected chi connectivity index (χ0v) is 15.3. The van der Waals surface area contributed by atoms with Crippen LogP contribution >= 0.6 is 0 Å². The molecule has 0 amide bonds. The molecular formula is C21H22F2N4. The molecule has 6 heteroatoms. The molecule has 0 aliphatic carbocycles. The molecule has 3 aromatic rings. The third-order valence-corrected chi connectivity index (χ3v) is 5.18. The largest absolute Gasteiger partial charge is 0.324 e. The molecule has 140 valence electrons. The number of likely N-dealkylation sites (tertiary alicyclic amines) is 1. The van der Waals surface area contributed by atoms with Gasteiger partial charge in [-0.1, -0.05) is 6.07 Å². The molecule has 1 aliphatic rings. The molecule has 1 atom stereocenters. The van der Waals surface area contributed by atoms with Crippen molar-refractivity contribution in [1.29, 1.82) is 0 Å². The highest BCUT2D eigenvalue weighted by Gasteiger charge is 2.25. The van der Waals surface area contributed by atoms with Crippen molar-refractivity contribution in [3.8, 4) is 11.4 Å². The van der Waals surface area contributed by atoms with E-state index >= 15 is 0 Å². The maximum Gasteiger partial charge on any atom is 0.140 e. The zero-order valence-electron chi connectivity index (χ0n) is 15.3. The molecule has 2 aromatic heterocycles. The number of rotatable bonds is 4. The first-order valence-electron chi connectivity index (χ1n) is 9.22. The quantitative estimate of drug-likeness (QED) is 0.686. The second-order valence-corrected chi connectivity index (χ2v) is 7.10. The van der Waals surface area contributed by atoms with E-state index in [1.165, 1.54) is 6.07 Å². The van der Waals surface area contributed by atoms with Crippen molar-refractivity contribution < 1.29 is 8.78 Å². The first-order chi connectivity index (χ1) is 13.1. The zero-order chi connectivity index (χ0) is 18.8. The summed E-state index contributed by atoms with van der Waals surface area (Å²) in [5.74, 6) is -0.0769. The van der Waals surface area contributed by atoms with Crippen molar-refractivity contribution in [2.75, 3.05) is 13.1 Å². The standard InChI is InChI=1S/C21H22F2N4/c1-15-12-25-21(16-6-8-24-9-7-16)27(15)19-3-2-10-26(14-19)13-17-4-5-18(22)11-20(17)23/h4-9,11-12,19H,2-3,10,13-14H2,1H3. The lowest BCUT2D eigenvalue weighted by molar-refractivity contribution is 0.168. The van der Waals surface area contributed by atoms with Crippen molar-refractivity contribution in [2.45, 2.75) is 32.4 Å². The average Bonchev–Trinajstić information content (AvgIpc) is 3.06. The number of aryl methyl sites for hydroxylation is 1. The van der Waals surface area contributed by atoms with Crippen LogP contribution in [0.15, 0.2) is 48.9 Å². The fraction of sp³-hybridized carbons (Fsp3) is 0.333. The van der Waals surface area contributed by atoms with Crippen LogP contribution in [0.5, 0.6) is 0 Å². The average molecular weight is 368 g/mol. The lowest BCUT2D eigenvalue weighted by Crippen LogP contribution is -2.36. The third kappa shape index (κ3) is 3.76. The van der Waals surface area contributed by atoms with Gasteiger partial charge in [0.15, 0.2) is 0 Å². The number of halogens is 2. The van der Waals surface area contributed by atoms with Gasteiger partial charge in [-0.25, -0.2) is 13.8 Å². The predicted octanol–water partition coefficient (Wildman–Crippen LogP) is 4.37. The van der Waals surface area contributed by atoms with Gasteiger partial charge in [0.25, 0.3) is 0 Å². The van der Waals surface area contributed by atoms with Crippen molar-refractivity contribution in [1.82, 2.24) is 19.4 Å². The molecule has 1 fully saturated rings. The van der Waals surface area contributed by atoms with Gasteiger partial charge >= 0.3 is 0 Å². The number of nitrogens with zero attached hydrogens (tertiary/aromatic N) is 4. The Kier molecular flexibility index (Phi) is 4.99. The Balaban J connectivity index is 1.56. The van der Waals surface area contributed by atoms with Crippen LogP contribution in [0.4, 0.5) is 8.78 Å². The smallest absolute Gasteiger partial charge is 0.140 e. The van der Waals surface area contributed by atoms with Gasteiger partial charge in [0, 0.05) is 60.6 Å². The minimum Gasteiger partial charge on any atom is -0.324 e. The lowest BCUT2D eigenvalue weighted by atomic mass is 10.0.